The van der Waals surface area contributed by atoms with Crippen LogP contribution >= 0.6 is 0 Å². The molecule has 0 radical (unpaired) electrons. The van der Waals surface area contributed by atoms with Crippen molar-refractivity contribution < 1.29 is 0 Å². The van der Waals surface area contributed by atoms with Crippen LogP contribution in [0.1, 0.15) is 32.6 Å². The summed E-state index contributed by atoms with van der Waals surface area (Å²) < 4.78 is 1.86. The Bertz CT molecular complexity index is 258. The molecule has 0 aromatic carbocycles. The molecule has 0 amide bonds. The van der Waals surface area contributed by atoms with Crippen molar-refractivity contribution >= 4 is 0 Å². The second-order valence-corrected chi connectivity index (χ2v) is 4.14. The van der Waals surface area contributed by atoms with Crippen molar-refractivity contribution in [1.82, 2.24) is 14.8 Å². The van der Waals surface area contributed by atoms with Crippen LogP contribution in [0.5, 0.6) is 0 Å². The molecule has 0 aliphatic rings. The van der Waals surface area contributed by atoms with Gasteiger partial charge >= 0.3 is 0 Å². The van der Waals surface area contributed by atoms with Crippen LogP contribution in [-0.2, 0) is 7.05 Å². The van der Waals surface area contributed by atoms with Gasteiger partial charge in [-0.25, -0.2) is 0 Å². The smallest absolute Gasteiger partial charge is 0.150 e. The lowest BCUT2D eigenvalue weighted by Crippen LogP contribution is -2.28. The monoisotopic (exact) mass is 168 g/mol. The third-order valence-corrected chi connectivity index (χ3v) is 1.96. The van der Waals surface area contributed by atoms with Gasteiger partial charge in [0, 0.05) is 7.05 Å². The number of rotatable bonds is 1. The lowest BCUT2D eigenvalue weighted by molar-refractivity contribution is 0.310. The van der Waals surface area contributed by atoms with Crippen LogP contribution in [0.25, 0.3) is 0 Å². The highest BCUT2D eigenvalue weighted by atomic mass is 15.3. The summed E-state index contributed by atoms with van der Waals surface area (Å²) in [5, 5.41) is 7.76. The van der Waals surface area contributed by atoms with Crippen LogP contribution in [-0.4, -0.2) is 14.8 Å². The molecule has 12 heavy (non-hydrogen) atoms. The van der Waals surface area contributed by atoms with Crippen LogP contribution in [0.15, 0.2) is 6.33 Å². The van der Waals surface area contributed by atoms with Gasteiger partial charge in [0.15, 0.2) is 0 Å². The molecule has 1 aromatic rings. The molecule has 4 nitrogen and oxygen atoms in total. The van der Waals surface area contributed by atoms with Gasteiger partial charge in [-0.3, -0.25) is 0 Å². The van der Waals surface area contributed by atoms with Crippen LogP contribution in [0.3, 0.4) is 0 Å². The van der Waals surface area contributed by atoms with Gasteiger partial charge in [-0.15, -0.1) is 10.2 Å². The number of nitrogens with zero attached hydrogens (tertiary/aromatic N) is 3. The molecule has 0 unspecified atom stereocenters. The van der Waals surface area contributed by atoms with Gasteiger partial charge in [-0.2, -0.15) is 0 Å². The van der Waals surface area contributed by atoms with Crippen LogP contribution < -0.4 is 5.73 Å². The molecule has 0 aliphatic heterocycles. The molecule has 68 valence electrons. The third kappa shape index (κ3) is 1.64. The highest BCUT2D eigenvalue weighted by Gasteiger charge is 2.25. The van der Waals surface area contributed by atoms with E-state index in [1.54, 1.807) is 6.33 Å². The maximum atomic E-state index is 5.99. The Morgan fingerprint density at radius 1 is 1.50 bits per heavy atom. The summed E-state index contributed by atoms with van der Waals surface area (Å²) in [6.45, 7) is 6.27. The van der Waals surface area contributed by atoms with E-state index in [-0.39, 0.29) is 11.5 Å². The Hall–Kier alpha value is -0.900. The fraction of sp³-hybridized carbons (Fsp3) is 0.750. The predicted molar refractivity (Wildman–Crippen MR) is 47.4 cm³/mol. The first-order valence-corrected chi connectivity index (χ1v) is 4.02. The van der Waals surface area contributed by atoms with E-state index in [2.05, 4.69) is 31.0 Å². The fourth-order valence-electron chi connectivity index (χ4n) is 0.961. The molecule has 1 heterocycles. The summed E-state index contributed by atoms with van der Waals surface area (Å²) in [4.78, 5) is 0. The number of aryl methyl sites for hydroxylation is 1. The normalized spacial score (nSPS) is 14.8. The molecule has 1 aromatic heterocycles. The van der Waals surface area contributed by atoms with Gasteiger partial charge in [0.2, 0.25) is 0 Å². The molecule has 0 bridgehead atoms. The summed E-state index contributed by atoms with van der Waals surface area (Å²) in [5.74, 6) is 0.836. The largest absolute Gasteiger partial charge is 0.321 e. The Kier molecular flexibility index (Phi) is 2.19. The van der Waals surface area contributed by atoms with Gasteiger partial charge in [0.1, 0.15) is 12.2 Å². The molecule has 1 atom stereocenters. The third-order valence-electron chi connectivity index (χ3n) is 1.96. The SMILES string of the molecule is Cn1cnnc1[C@@H](N)C(C)(C)C. The minimum absolute atomic E-state index is 0.0286. The molecule has 2 N–H and O–H groups in total. The first-order valence-electron chi connectivity index (χ1n) is 4.02. The van der Waals surface area contributed by atoms with Crippen molar-refractivity contribution in [2.45, 2.75) is 26.8 Å². The molecule has 0 fully saturated rings. The van der Waals surface area contributed by atoms with Crippen LogP contribution in [0.2, 0.25) is 0 Å². The van der Waals surface area contributed by atoms with E-state index in [1.807, 2.05) is 11.6 Å². The quantitative estimate of drug-likeness (QED) is 0.676. The minimum Gasteiger partial charge on any atom is -0.321 e. The van der Waals surface area contributed by atoms with Crippen molar-refractivity contribution in [3.63, 3.8) is 0 Å². The fourth-order valence-corrected chi connectivity index (χ4v) is 0.961. The zero-order chi connectivity index (χ0) is 9.35. The average Bonchev–Trinajstić information content (AvgIpc) is 2.31. The Morgan fingerprint density at radius 2 is 2.08 bits per heavy atom. The predicted octanol–water partition coefficient (Wildman–Crippen LogP) is 0.861. The van der Waals surface area contributed by atoms with Crippen molar-refractivity contribution in [2.24, 2.45) is 18.2 Å². The number of nitrogens with two attached hydrogens (primary N) is 1. The summed E-state index contributed by atoms with van der Waals surface area (Å²) in [6, 6.07) is -0.0648. The van der Waals surface area contributed by atoms with E-state index >= 15 is 0 Å². The second kappa shape index (κ2) is 2.86. The van der Waals surface area contributed by atoms with E-state index < -0.39 is 0 Å². The van der Waals surface area contributed by atoms with Gasteiger partial charge < -0.3 is 10.3 Å². The lowest BCUT2D eigenvalue weighted by atomic mass is 9.87. The van der Waals surface area contributed by atoms with E-state index in [0.717, 1.165) is 5.82 Å². The summed E-state index contributed by atoms with van der Waals surface area (Å²) in [5.41, 5.74) is 6.02. The van der Waals surface area contributed by atoms with E-state index in [4.69, 9.17) is 5.73 Å². The Balaban J connectivity index is 2.92. The van der Waals surface area contributed by atoms with E-state index in [1.165, 1.54) is 0 Å². The lowest BCUT2D eigenvalue weighted by Gasteiger charge is -2.25. The standard InChI is InChI=1S/C8H16N4/c1-8(2,3)6(9)7-11-10-5-12(7)4/h5-6H,9H2,1-4H3/t6-/m1/s1. The Labute approximate surface area is 72.8 Å². The topological polar surface area (TPSA) is 56.7 Å². The molecule has 0 aliphatic carbocycles. The van der Waals surface area contributed by atoms with Crippen molar-refractivity contribution in [1.29, 1.82) is 0 Å². The average molecular weight is 168 g/mol. The Morgan fingerprint density at radius 3 is 2.42 bits per heavy atom. The molecule has 0 saturated heterocycles. The first-order chi connectivity index (χ1) is 5.43. The van der Waals surface area contributed by atoms with Gasteiger partial charge in [0.25, 0.3) is 0 Å². The zero-order valence-corrected chi connectivity index (χ0v) is 8.07. The van der Waals surface area contributed by atoms with Gasteiger partial charge in [-0.1, -0.05) is 20.8 Å². The molecular formula is C8H16N4. The van der Waals surface area contributed by atoms with E-state index in [0.29, 0.717) is 0 Å². The number of aromatic nitrogens is 3. The van der Waals surface area contributed by atoms with Crippen molar-refractivity contribution in [2.75, 3.05) is 0 Å². The number of hydrogen-bond acceptors (Lipinski definition) is 3. The first kappa shape index (κ1) is 9.19. The second-order valence-electron chi connectivity index (χ2n) is 4.14. The molecular weight excluding hydrogens is 152 g/mol. The highest BCUT2D eigenvalue weighted by molar-refractivity contribution is 4.97. The summed E-state index contributed by atoms with van der Waals surface area (Å²) in [7, 11) is 1.90. The minimum atomic E-state index is -0.0648. The van der Waals surface area contributed by atoms with Crippen molar-refractivity contribution in [3.05, 3.63) is 12.2 Å². The van der Waals surface area contributed by atoms with Crippen LogP contribution in [0.4, 0.5) is 0 Å². The summed E-state index contributed by atoms with van der Waals surface area (Å²) >= 11 is 0. The number of hydrogen-bond donors (Lipinski definition) is 1. The summed E-state index contributed by atoms with van der Waals surface area (Å²) in [6.07, 6.45) is 1.67. The molecule has 0 spiro atoms. The molecule has 0 saturated carbocycles. The van der Waals surface area contributed by atoms with Gasteiger partial charge in [0.05, 0.1) is 6.04 Å². The van der Waals surface area contributed by atoms with Crippen molar-refractivity contribution in [3.8, 4) is 0 Å². The molecule has 4 heteroatoms. The zero-order valence-electron chi connectivity index (χ0n) is 8.07. The van der Waals surface area contributed by atoms with Crippen LogP contribution in [0, 0.1) is 5.41 Å². The molecule has 1 rings (SSSR count). The van der Waals surface area contributed by atoms with Gasteiger partial charge in [-0.05, 0) is 5.41 Å². The van der Waals surface area contributed by atoms with E-state index in [9.17, 15) is 0 Å². The highest BCUT2D eigenvalue weighted by Crippen LogP contribution is 2.28. The maximum Gasteiger partial charge on any atom is 0.150 e. The maximum absolute atomic E-state index is 5.99.